The van der Waals surface area contributed by atoms with Gasteiger partial charge in [0.15, 0.2) is 0 Å². The van der Waals surface area contributed by atoms with Crippen LogP contribution in [-0.2, 0) is 6.54 Å². The number of likely N-dealkylation sites (tertiary alicyclic amines) is 1. The van der Waals surface area contributed by atoms with Gasteiger partial charge in [0.25, 0.3) is 0 Å². The zero-order valence-corrected chi connectivity index (χ0v) is 11.7. The van der Waals surface area contributed by atoms with Crippen LogP contribution < -0.4 is 5.32 Å². The molecule has 1 aromatic rings. The van der Waals surface area contributed by atoms with E-state index in [9.17, 15) is 9.18 Å². The molecule has 1 unspecified atom stereocenters. The number of rotatable bonds is 6. The number of nitrogens with one attached hydrogen (secondary N) is 1. The molecule has 5 heteroatoms. The molecule has 1 aromatic carbocycles. The van der Waals surface area contributed by atoms with E-state index in [1.165, 1.54) is 25.0 Å². The monoisotopic (exact) mass is 280 g/mol. The van der Waals surface area contributed by atoms with Crippen molar-refractivity contribution in [1.29, 1.82) is 0 Å². The van der Waals surface area contributed by atoms with Gasteiger partial charge < -0.3 is 10.4 Å². The molecule has 1 aliphatic heterocycles. The van der Waals surface area contributed by atoms with Crippen LogP contribution >= 0.6 is 0 Å². The Balaban J connectivity index is 1.82. The normalized spacial score (nSPS) is 17.3. The van der Waals surface area contributed by atoms with E-state index in [1.807, 2.05) is 0 Å². The lowest BCUT2D eigenvalue weighted by Crippen LogP contribution is -2.38. The van der Waals surface area contributed by atoms with E-state index in [2.05, 4.69) is 17.1 Å². The molecule has 1 atom stereocenters. The summed E-state index contributed by atoms with van der Waals surface area (Å²) >= 11 is 0. The van der Waals surface area contributed by atoms with Crippen LogP contribution in [0.25, 0.3) is 0 Å². The molecule has 0 bridgehead atoms. The quantitative estimate of drug-likeness (QED) is 0.838. The number of benzene rings is 1. The van der Waals surface area contributed by atoms with Crippen LogP contribution in [0.4, 0.5) is 4.39 Å². The number of hydrogen-bond donors (Lipinski definition) is 2. The fraction of sp³-hybridized carbons (Fsp3) is 0.533. The van der Waals surface area contributed by atoms with Crippen LogP contribution in [0.2, 0.25) is 0 Å². The van der Waals surface area contributed by atoms with Gasteiger partial charge in [0.05, 0.1) is 5.56 Å². The van der Waals surface area contributed by atoms with Crippen molar-refractivity contribution in [1.82, 2.24) is 10.2 Å². The van der Waals surface area contributed by atoms with E-state index in [4.69, 9.17) is 5.11 Å². The summed E-state index contributed by atoms with van der Waals surface area (Å²) in [6.45, 7) is 5.90. The van der Waals surface area contributed by atoms with Gasteiger partial charge in [0.2, 0.25) is 0 Å². The summed E-state index contributed by atoms with van der Waals surface area (Å²) in [6, 6.07) is 4.73. The van der Waals surface area contributed by atoms with Gasteiger partial charge in [-0.25, -0.2) is 9.18 Å². The fourth-order valence-corrected chi connectivity index (χ4v) is 2.58. The van der Waals surface area contributed by atoms with Crippen molar-refractivity contribution < 1.29 is 14.3 Å². The van der Waals surface area contributed by atoms with E-state index >= 15 is 0 Å². The third-order valence-corrected chi connectivity index (χ3v) is 3.80. The molecule has 0 aromatic heterocycles. The average Bonchev–Trinajstić information content (AvgIpc) is 2.92. The van der Waals surface area contributed by atoms with Crippen LogP contribution in [0.1, 0.15) is 35.7 Å². The molecule has 0 radical (unpaired) electrons. The summed E-state index contributed by atoms with van der Waals surface area (Å²) in [5.41, 5.74) is 0.486. The SMILES string of the molecule is CC(CNCc1ccc(C(=O)O)c(F)c1)N1CCCC1. The molecule has 1 heterocycles. The van der Waals surface area contributed by atoms with Crippen molar-refractivity contribution in [3.63, 3.8) is 0 Å². The highest BCUT2D eigenvalue weighted by molar-refractivity contribution is 5.87. The Hall–Kier alpha value is -1.46. The number of carbonyl (C=O) groups is 1. The topological polar surface area (TPSA) is 52.6 Å². The molecule has 1 saturated heterocycles. The van der Waals surface area contributed by atoms with Gasteiger partial charge in [0, 0.05) is 19.1 Å². The van der Waals surface area contributed by atoms with Gasteiger partial charge >= 0.3 is 5.97 Å². The van der Waals surface area contributed by atoms with Gasteiger partial charge in [-0.3, -0.25) is 4.90 Å². The van der Waals surface area contributed by atoms with Gasteiger partial charge in [-0.2, -0.15) is 0 Å². The number of aromatic carboxylic acids is 1. The predicted molar refractivity (Wildman–Crippen MR) is 75.3 cm³/mol. The Bertz CT molecular complexity index is 473. The highest BCUT2D eigenvalue weighted by atomic mass is 19.1. The van der Waals surface area contributed by atoms with Crippen LogP contribution in [0, 0.1) is 5.82 Å². The second-order valence-corrected chi connectivity index (χ2v) is 5.34. The minimum absolute atomic E-state index is 0.279. The maximum atomic E-state index is 13.5. The van der Waals surface area contributed by atoms with Crippen molar-refractivity contribution in [2.75, 3.05) is 19.6 Å². The molecular weight excluding hydrogens is 259 g/mol. The van der Waals surface area contributed by atoms with E-state index in [-0.39, 0.29) is 5.56 Å². The largest absolute Gasteiger partial charge is 0.478 e. The predicted octanol–water partition coefficient (Wildman–Crippen LogP) is 2.10. The molecule has 2 rings (SSSR count). The van der Waals surface area contributed by atoms with Crippen LogP contribution in [0.5, 0.6) is 0 Å². The molecule has 2 N–H and O–H groups in total. The second-order valence-electron chi connectivity index (χ2n) is 5.34. The first kappa shape index (κ1) is 14.9. The van der Waals surface area contributed by atoms with Crippen molar-refractivity contribution in [3.8, 4) is 0 Å². The Morgan fingerprint density at radius 1 is 1.45 bits per heavy atom. The summed E-state index contributed by atoms with van der Waals surface area (Å²) in [6.07, 6.45) is 2.54. The Morgan fingerprint density at radius 3 is 2.75 bits per heavy atom. The minimum Gasteiger partial charge on any atom is -0.478 e. The highest BCUT2D eigenvalue weighted by Crippen LogP contribution is 2.12. The molecule has 0 aliphatic carbocycles. The van der Waals surface area contributed by atoms with Crippen molar-refractivity contribution in [2.45, 2.75) is 32.4 Å². The fourth-order valence-electron chi connectivity index (χ4n) is 2.58. The Morgan fingerprint density at radius 2 is 2.15 bits per heavy atom. The van der Waals surface area contributed by atoms with Crippen LogP contribution in [0.15, 0.2) is 18.2 Å². The van der Waals surface area contributed by atoms with Gasteiger partial charge in [-0.15, -0.1) is 0 Å². The molecule has 4 nitrogen and oxygen atoms in total. The Kier molecular flexibility index (Phi) is 5.09. The molecule has 1 fully saturated rings. The molecule has 1 aliphatic rings. The van der Waals surface area contributed by atoms with E-state index < -0.39 is 11.8 Å². The lowest BCUT2D eigenvalue weighted by atomic mass is 10.1. The van der Waals surface area contributed by atoms with Crippen molar-refractivity contribution in [2.24, 2.45) is 0 Å². The van der Waals surface area contributed by atoms with Crippen molar-refractivity contribution >= 4 is 5.97 Å². The maximum absolute atomic E-state index is 13.5. The number of carboxylic acids is 1. The lowest BCUT2D eigenvalue weighted by Gasteiger charge is -2.24. The summed E-state index contributed by atoms with van der Waals surface area (Å²) in [7, 11) is 0. The molecule has 110 valence electrons. The summed E-state index contributed by atoms with van der Waals surface area (Å²) in [5, 5.41) is 12.1. The number of carboxylic acid groups (broad SMARTS) is 1. The second kappa shape index (κ2) is 6.81. The van der Waals surface area contributed by atoms with E-state index in [0.29, 0.717) is 12.6 Å². The third-order valence-electron chi connectivity index (χ3n) is 3.80. The smallest absolute Gasteiger partial charge is 0.338 e. The zero-order valence-electron chi connectivity index (χ0n) is 11.7. The van der Waals surface area contributed by atoms with Crippen molar-refractivity contribution in [3.05, 3.63) is 35.1 Å². The van der Waals surface area contributed by atoms with E-state index in [1.54, 1.807) is 6.07 Å². The van der Waals surface area contributed by atoms with Gasteiger partial charge in [-0.1, -0.05) is 6.07 Å². The Labute approximate surface area is 118 Å². The number of hydrogen-bond acceptors (Lipinski definition) is 3. The molecule has 0 amide bonds. The summed E-state index contributed by atoms with van der Waals surface area (Å²) in [4.78, 5) is 13.2. The number of nitrogens with zero attached hydrogens (tertiary/aromatic N) is 1. The molecule has 0 saturated carbocycles. The first-order valence-electron chi connectivity index (χ1n) is 7.04. The highest BCUT2D eigenvalue weighted by Gasteiger charge is 2.17. The first-order valence-corrected chi connectivity index (χ1v) is 7.04. The number of halogens is 1. The summed E-state index contributed by atoms with van der Waals surface area (Å²) < 4.78 is 13.5. The van der Waals surface area contributed by atoms with Crippen LogP contribution in [-0.4, -0.2) is 41.7 Å². The minimum atomic E-state index is -1.23. The molecule has 0 spiro atoms. The first-order chi connectivity index (χ1) is 9.58. The zero-order chi connectivity index (χ0) is 14.5. The molecular formula is C15H21FN2O2. The average molecular weight is 280 g/mol. The summed E-state index contributed by atoms with van der Waals surface area (Å²) in [5.74, 6) is -1.91. The molecule has 20 heavy (non-hydrogen) atoms. The van der Waals surface area contributed by atoms with E-state index in [0.717, 1.165) is 25.2 Å². The standard InChI is InChI=1S/C15H21FN2O2/c1-11(18-6-2-3-7-18)9-17-10-12-4-5-13(15(19)20)14(16)8-12/h4-5,8,11,17H,2-3,6-7,9-10H2,1H3,(H,19,20). The van der Waals surface area contributed by atoms with Gasteiger partial charge in [0.1, 0.15) is 5.82 Å². The maximum Gasteiger partial charge on any atom is 0.338 e. The lowest BCUT2D eigenvalue weighted by molar-refractivity contribution is 0.0692. The van der Waals surface area contributed by atoms with Gasteiger partial charge in [-0.05, 0) is 50.6 Å². The van der Waals surface area contributed by atoms with Crippen LogP contribution in [0.3, 0.4) is 0 Å². The third kappa shape index (κ3) is 3.77.